The molecule has 138 valence electrons. The molecule has 0 saturated carbocycles. The fourth-order valence-electron chi connectivity index (χ4n) is 2.84. The van der Waals surface area contributed by atoms with Crippen LogP contribution >= 0.6 is 0 Å². The van der Waals surface area contributed by atoms with Crippen LogP contribution in [0.3, 0.4) is 0 Å². The number of carbonyl (C=O) groups excluding carboxylic acids is 1. The van der Waals surface area contributed by atoms with E-state index in [9.17, 15) is 9.90 Å². The molecule has 2 aromatic carbocycles. The van der Waals surface area contributed by atoms with E-state index in [1.54, 1.807) is 12.3 Å². The second-order valence-corrected chi connectivity index (χ2v) is 6.29. The predicted molar refractivity (Wildman–Crippen MR) is 106 cm³/mol. The maximum Gasteiger partial charge on any atom is 0.251 e. The van der Waals surface area contributed by atoms with Gasteiger partial charge in [0, 0.05) is 24.0 Å². The second kappa shape index (κ2) is 8.96. The number of hydrogen-bond donors (Lipinski definition) is 3. The molecular weight excluding hydrogens is 338 g/mol. The monoisotopic (exact) mass is 361 g/mol. The number of aliphatic hydroxyl groups excluding tert-OH is 1. The Labute approximate surface area is 159 Å². The van der Waals surface area contributed by atoms with Gasteiger partial charge < -0.3 is 15.7 Å². The van der Waals surface area contributed by atoms with Crippen molar-refractivity contribution >= 4 is 11.6 Å². The Bertz CT molecular complexity index is 883. The lowest BCUT2D eigenvalue weighted by Gasteiger charge is -2.15. The van der Waals surface area contributed by atoms with E-state index in [1.165, 1.54) is 0 Å². The van der Waals surface area contributed by atoms with Gasteiger partial charge in [-0.3, -0.25) is 9.78 Å². The van der Waals surface area contributed by atoms with Crippen LogP contribution in [0.5, 0.6) is 0 Å². The minimum absolute atomic E-state index is 0.161. The molecule has 0 radical (unpaired) electrons. The molecule has 0 saturated heterocycles. The average Bonchev–Trinajstić information content (AvgIpc) is 2.72. The van der Waals surface area contributed by atoms with Gasteiger partial charge in [0.15, 0.2) is 0 Å². The highest BCUT2D eigenvalue weighted by Gasteiger charge is 2.14. The molecule has 3 rings (SSSR count). The van der Waals surface area contributed by atoms with E-state index in [-0.39, 0.29) is 12.5 Å². The number of carbonyl (C=O) groups is 1. The molecule has 1 aromatic heterocycles. The van der Waals surface area contributed by atoms with Crippen LogP contribution in [0.2, 0.25) is 0 Å². The summed E-state index contributed by atoms with van der Waals surface area (Å²) in [7, 11) is 0. The van der Waals surface area contributed by atoms with Gasteiger partial charge in [-0.05, 0) is 42.3 Å². The van der Waals surface area contributed by atoms with Crippen molar-refractivity contribution in [1.82, 2.24) is 10.3 Å². The quantitative estimate of drug-likeness (QED) is 0.602. The van der Waals surface area contributed by atoms with Crippen molar-refractivity contribution in [2.45, 2.75) is 19.6 Å². The van der Waals surface area contributed by atoms with Gasteiger partial charge >= 0.3 is 0 Å². The molecule has 1 heterocycles. The number of benzene rings is 2. The summed E-state index contributed by atoms with van der Waals surface area (Å²) >= 11 is 0. The molecule has 0 aliphatic heterocycles. The van der Waals surface area contributed by atoms with Gasteiger partial charge in [0.05, 0.1) is 18.3 Å². The van der Waals surface area contributed by atoms with Crippen LogP contribution in [0.25, 0.3) is 0 Å². The van der Waals surface area contributed by atoms with Gasteiger partial charge in [-0.25, -0.2) is 0 Å². The van der Waals surface area contributed by atoms with Gasteiger partial charge in [-0.2, -0.15) is 0 Å². The van der Waals surface area contributed by atoms with E-state index in [1.807, 2.05) is 67.6 Å². The van der Waals surface area contributed by atoms with Crippen molar-refractivity contribution < 1.29 is 9.90 Å². The van der Waals surface area contributed by atoms with Crippen LogP contribution in [-0.2, 0) is 6.54 Å². The first kappa shape index (κ1) is 18.6. The minimum atomic E-state index is -0.735. The number of aromatic nitrogens is 1. The molecule has 1 unspecified atom stereocenters. The zero-order chi connectivity index (χ0) is 19.1. The summed E-state index contributed by atoms with van der Waals surface area (Å²) in [5.41, 5.74) is 4.04. The lowest BCUT2D eigenvalue weighted by Crippen LogP contribution is -2.29. The van der Waals surface area contributed by atoms with E-state index in [2.05, 4.69) is 15.6 Å². The summed E-state index contributed by atoms with van der Waals surface area (Å²) in [6, 6.07) is 20.6. The third-order valence-electron chi connectivity index (χ3n) is 4.40. The molecule has 3 N–H and O–H groups in total. The molecule has 1 atom stereocenters. The zero-order valence-electron chi connectivity index (χ0n) is 15.2. The number of amides is 1. The molecule has 1 amide bonds. The Kier molecular flexibility index (Phi) is 6.18. The number of aliphatic hydroxyl groups is 1. The van der Waals surface area contributed by atoms with E-state index in [4.69, 9.17) is 0 Å². The second-order valence-electron chi connectivity index (χ2n) is 6.29. The first-order chi connectivity index (χ1) is 13.1. The maximum absolute atomic E-state index is 12.6. The van der Waals surface area contributed by atoms with Gasteiger partial charge in [-0.15, -0.1) is 0 Å². The SMILES string of the molecule is Cc1c(NCc2ccccn2)cccc1C(=O)NCC(O)c1ccccc1. The Morgan fingerprint density at radius 3 is 2.56 bits per heavy atom. The molecule has 0 aliphatic carbocycles. The van der Waals surface area contributed by atoms with Crippen LogP contribution < -0.4 is 10.6 Å². The van der Waals surface area contributed by atoms with Crippen molar-refractivity contribution in [2.24, 2.45) is 0 Å². The summed E-state index contributed by atoms with van der Waals surface area (Å²) in [6.45, 7) is 2.65. The Morgan fingerprint density at radius 1 is 1.04 bits per heavy atom. The highest BCUT2D eigenvalue weighted by molar-refractivity contribution is 5.97. The van der Waals surface area contributed by atoms with Crippen LogP contribution in [0.1, 0.15) is 33.3 Å². The molecule has 0 aliphatic rings. The minimum Gasteiger partial charge on any atom is -0.387 e. The Morgan fingerprint density at radius 2 is 1.81 bits per heavy atom. The standard InChI is InChI=1S/C22H23N3O2/c1-16-19(22(27)25-15-21(26)17-8-3-2-4-9-17)11-7-12-20(16)24-14-18-10-5-6-13-23-18/h2-13,21,24,26H,14-15H2,1H3,(H,25,27). The molecule has 3 aromatic rings. The van der Waals surface area contributed by atoms with Crippen molar-refractivity contribution in [1.29, 1.82) is 0 Å². The topological polar surface area (TPSA) is 74.2 Å². The van der Waals surface area contributed by atoms with Gasteiger partial charge in [0.2, 0.25) is 0 Å². The van der Waals surface area contributed by atoms with Gasteiger partial charge in [0.1, 0.15) is 0 Å². The Hall–Kier alpha value is -3.18. The average molecular weight is 361 g/mol. The summed E-state index contributed by atoms with van der Waals surface area (Å²) < 4.78 is 0. The fourth-order valence-corrected chi connectivity index (χ4v) is 2.84. The molecule has 27 heavy (non-hydrogen) atoms. The predicted octanol–water partition coefficient (Wildman–Crippen LogP) is 3.47. The van der Waals surface area contributed by atoms with E-state index < -0.39 is 6.10 Å². The molecule has 0 fully saturated rings. The lowest BCUT2D eigenvalue weighted by molar-refractivity contribution is 0.0915. The highest BCUT2D eigenvalue weighted by atomic mass is 16.3. The van der Waals surface area contributed by atoms with E-state index in [0.717, 1.165) is 22.5 Å². The number of hydrogen-bond acceptors (Lipinski definition) is 4. The summed E-state index contributed by atoms with van der Waals surface area (Å²) in [5, 5.41) is 16.3. The van der Waals surface area contributed by atoms with Crippen LogP contribution in [-0.4, -0.2) is 22.5 Å². The molecule has 5 heteroatoms. The summed E-state index contributed by atoms with van der Waals surface area (Å²) in [4.78, 5) is 16.9. The molecule has 0 bridgehead atoms. The first-order valence-electron chi connectivity index (χ1n) is 8.90. The fraction of sp³-hybridized carbons (Fsp3) is 0.182. The third-order valence-corrected chi connectivity index (χ3v) is 4.40. The highest BCUT2D eigenvalue weighted by Crippen LogP contribution is 2.20. The number of nitrogens with one attached hydrogen (secondary N) is 2. The van der Waals surface area contributed by atoms with Gasteiger partial charge in [0.25, 0.3) is 5.91 Å². The van der Waals surface area contributed by atoms with Crippen LogP contribution in [0.15, 0.2) is 72.9 Å². The number of anilines is 1. The van der Waals surface area contributed by atoms with Crippen molar-refractivity contribution in [3.8, 4) is 0 Å². The lowest BCUT2D eigenvalue weighted by atomic mass is 10.1. The Balaban J connectivity index is 1.63. The van der Waals surface area contributed by atoms with Crippen LogP contribution in [0, 0.1) is 6.92 Å². The summed E-state index contributed by atoms with van der Waals surface area (Å²) in [5.74, 6) is -0.205. The normalized spacial score (nSPS) is 11.6. The molecule has 5 nitrogen and oxygen atoms in total. The van der Waals surface area contributed by atoms with Crippen molar-refractivity contribution in [2.75, 3.05) is 11.9 Å². The van der Waals surface area contributed by atoms with Crippen molar-refractivity contribution in [3.05, 3.63) is 95.3 Å². The number of nitrogens with zero attached hydrogens (tertiary/aromatic N) is 1. The number of rotatable bonds is 7. The molecule has 0 spiro atoms. The zero-order valence-corrected chi connectivity index (χ0v) is 15.2. The van der Waals surface area contributed by atoms with E-state index in [0.29, 0.717) is 12.1 Å². The smallest absolute Gasteiger partial charge is 0.251 e. The molecular formula is C22H23N3O2. The van der Waals surface area contributed by atoms with Crippen molar-refractivity contribution in [3.63, 3.8) is 0 Å². The van der Waals surface area contributed by atoms with E-state index >= 15 is 0 Å². The number of pyridine rings is 1. The maximum atomic E-state index is 12.6. The first-order valence-corrected chi connectivity index (χ1v) is 8.90. The van der Waals surface area contributed by atoms with Crippen LogP contribution in [0.4, 0.5) is 5.69 Å². The third kappa shape index (κ3) is 4.92. The summed E-state index contributed by atoms with van der Waals surface area (Å²) in [6.07, 6.45) is 1.02. The van der Waals surface area contributed by atoms with Gasteiger partial charge in [-0.1, -0.05) is 42.5 Å². The largest absolute Gasteiger partial charge is 0.387 e.